The van der Waals surface area contributed by atoms with E-state index in [-0.39, 0.29) is 24.2 Å². The summed E-state index contributed by atoms with van der Waals surface area (Å²) in [6.07, 6.45) is 0.364. The maximum Gasteiger partial charge on any atom is 0.254 e. The Morgan fingerprint density at radius 1 is 1.17 bits per heavy atom. The summed E-state index contributed by atoms with van der Waals surface area (Å²) in [6.45, 7) is 4.52. The summed E-state index contributed by atoms with van der Waals surface area (Å²) in [6, 6.07) is 5.46. The maximum absolute atomic E-state index is 12.5. The van der Waals surface area contributed by atoms with E-state index in [1.54, 1.807) is 23.0 Å². The van der Waals surface area contributed by atoms with Crippen molar-refractivity contribution in [3.05, 3.63) is 29.3 Å². The minimum absolute atomic E-state index is 0. The summed E-state index contributed by atoms with van der Waals surface area (Å²) in [5.41, 5.74) is 7.01. The number of piperazine rings is 1. The molecule has 0 radical (unpaired) electrons. The Labute approximate surface area is 143 Å². The summed E-state index contributed by atoms with van der Waals surface area (Å²) in [5, 5.41) is 0. The molecule has 0 saturated carbocycles. The van der Waals surface area contributed by atoms with Gasteiger partial charge in [0.2, 0.25) is 5.91 Å². The third-order valence-corrected chi connectivity index (χ3v) is 3.93. The highest BCUT2D eigenvalue weighted by molar-refractivity contribution is 5.95. The van der Waals surface area contributed by atoms with E-state index in [2.05, 4.69) is 0 Å². The average Bonchev–Trinajstić information content (AvgIpc) is 2.55. The molecule has 23 heavy (non-hydrogen) atoms. The number of nitrogens with zero attached hydrogens (tertiary/aromatic N) is 2. The van der Waals surface area contributed by atoms with Gasteiger partial charge in [0.25, 0.3) is 5.91 Å². The van der Waals surface area contributed by atoms with E-state index in [1.165, 1.54) is 0 Å². The predicted molar refractivity (Wildman–Crippen MR) is 91.1 cm³/mol. The van der Waals surface area contributed by atoms with Gasteiger partial charge >= 0.3 is 0 Å². The van der Waals surface area contributed by atoms with Crippen molar-refractivity contribution in [1.29, 1.82) is 0 Å². The zero-order valence-electron chi connectivity index (χ0n) is 13.6. The molecule has 1 saturated heterocycles. The number of rotatable bonds is 4. The van der Waals surface area contributed by atoms with E-state index in [0.29, 0.717) is 50.5 Å². The van der Waals surface area contributed by atoms with Crippen LogP contribution >= 0.6 is 12.4 Å². The molecule has 2 rings (SSSR count). The van der Waals surface area contributed by atoms with Gasteiger partial charge in [0.05, 0.1) is 7.11 Å². The molecular weight excluding hydrogens is 318 g/mol. The van der Waals surface area contributed by atoms with Gasteiger partial charge in [-0.05, 0) is 24.6 Å². The second-order valence-electron chi connectivity index (χ2n) is 5.40. The van der Waals surface area contributed by atoms with Gasteiger partial charge in [-0.25, -0.2) is 0 Å². The summed E-state index contributed by atoms with van der Waals surface area (Å²) in [5.74, 6) is 0.749. The minimum atomic E-state index is -0.0239. The van der Waals surface area contributed by atoms with Crippen LogP contribution in [-0.4, -0.2) is 61.4 Å². The van der Waals surface area contributed by atoms with Crippen molar-refractivity contribution in [2.45, 2.75) is 13.3 Å². The molecule has 0 aliphatic carbocycles. The van der Waals surface area contributed by atoms with Crippen LogP contribution in [0.5, 0.6) is 5.75 Å². The molecule has 0 aromatic heterocycles. The van der Waals surface area contributed by atoms with Crippen molar-refractivity contribution in [2.24, 2.45) is 5.73 Å². The van der Waals surface area contributed by atoms with Crippen LogP contribution in [-0.2, 0) is 4.79 Å². The lowest BCUT2D eigenvalue weighted by atomic mass is 10.1. The predicted octanol–water partition coefficient (Wildman–Crippen LogP) is 1.06. The molecule has 1 aromatic carbocycles. The van der Waals surface area contributed by atoms with Crippen molar-refractivity contribution in [3.8, 4) is 5.75 Å². The van der Waals surface area contributed by atoms with E-state index >= 15 is 0 Å². The van der Waals surface area contributed by atoms with Gasteiger partial charge in [-0.1, -0.05) is 6.07 Å². The summed E-state index contributed by atoms with van der Waals surface area (Å²) >= 11 is 0. The Morgan fingerprint density at radius 2 is 1.78 bits per heavy atom. The molecule has 1 fully saturated rings. The number of ether oxygens (including phenoxy) is 1. The number of hydrogen-bond acceptors (Lipinski definition) is 4. The Bertz CT molecular complexity index is 558. The van der Waals surface area contributed by atoms with Crippen molar-refractivity contribution >= 4 is 24.2 Å². The van der Waals surface area contributed by atoms with Crippen LogP contribution in [0.3, 0.4) is 0 Å². The van der Waals surface area contributed by atoms with Gasteiger partial charge in [0, 0.05) is 44.7 Å². The number of aryl methyl sites for hydroxylation is 1. The lowest BCUT2D eigenvalue weighted by Crippen LogP contribution is -2.50. The highest BCUT2D eigenvalue weighted by Crippen LogP contribution is 2.20. The fraction of sp³-hybridized carbons (Fsp3) is 0.500. The van der Waals surface area contributed by atoms with Crippen LogP contribution in [0.25, 0.3) is 0 Å². The van der Waals surface area contributed by atoms with Crippen LogP contribution < -0.4 is 10.5 Å². The fourth-order valence-electron chi connectivity index (χ4n) is 2.58. The van der Waals surface area contributed by atoms with Crippen LogP contribution in [0.4, 0.5) is 0 Å². The lowest BCUT2D eigenvalue weighted by molar-refractivity contribution is -0.132. The van der Waals surface area contributed by atoms with Crippen LogP contribution in [0.2, 0.25) is 0 Å². The van der Waals surface area contributed by atoms with Crippen molar-refractivity contribution in [2.75, 3.05) is 39.8 Å². The Kier molecular flexibility index (Phi) is 7.32. The quantitative estimate of drug-likeness (QED) is 0.888. The summed E-state index contributed by atoms with van der Waals surface area (Å²) in [4.78, 5) is 27.9. The number of halogens is 1. The van der Waals surface area contributed by atoms with Gasteiger partial charge in [0.15, 0.2) is 0 Å². The van der Waals surface area contributed by atoms with Crippen LogP contribution in [0.1, 0.15) is 22.3 Å². The third kappa shape index (κ3) is 4.59. The third-order valence-electron chi connectivity index (χ3n) is 3.93. The molecule has 7 heteroatoms. The number of nitrogens with two attached hydrogens (primary N) is 1. The van der Waals surface area contributed by atoms with Crippen LogP contribution in [0.15, 0.2) is 18.2 Å². The largest absolute Gasteiger partial charge is 0.496 e. The first-order chi connectivity index (χ1) is 10.6. The molecule has 0 unspecified atom stereocenters. The number of methoxy groups -OCH3 is 1. The molecule has 128 valence electrons. The smallest absolute Gasteiger partial charge is 0.254 e. The minimum Gasteiger partial charge on any atom is -0.496 e. The molecule has 0 atom stereocenters. The second-order valence-corrected chi connectivity index (χ2v) is 5.40. The Morgan fingerprint density at radius 3 is 2.35 bits per heavy atom. The number of carbonyl (C=O) groups excluding carboxylic acids is 2. The number of benzene rings is 1. The number of amides is 2. The van der Waals surface area contributed by atoms with Gasteiger partial charge in [-0.15, -0.1) is 12.4 Å². The Hall–Kier alpha value is -1.79. The normalized spacial score (nSPS) is 14.2. The van der Waals surface area contributed by atoms with Crippen LogP contribution in [0, 0.1) is 6.92 Å². The van der Waals surface area contributed by atoms with Gasteiger partial charge in [-0.2, -0.15) is 0 Å². The molecule has 0 spiro atoms. The molecule has 6 nitrogen and oxygen atoms in total. The molecule has 0 bridgehead atoms. The second kappa shape index (κ2) is 8.74. The van der Waals surface area contributed by atoms with E-state index < -0.39 is 0 Å². The van der Waals surface area contributed by atoms with Gasteiger partial charge in [-0.3, -0.25) is 9.59 Å². The standard InChI is InChI=1S/C16H23N3O3.ClH/c1-12-3-4-13(11-14(12)22-2)16(21)19-9-7-18(8-10-19)15(20)5-6-17;/h3-4,11H,5-10,17H2,1-2H3;1H. The first-order valence-corrected chi connectivity index (χ1v) is 7.48. The molecule has 2 N–H and O–H groups in total. The van der Waals surface area contributed by atoms with Crippen molar-refractivity contribution in [1.82, 2.24) is 9.80 Å². The van der Waals surface area contributed by atoms with E-state index in [9.17, 15) is 9.59 Å². The molecule has 1 aromatic rings. The summed E-state index contributed by atoms with van der Waals surface area (Å²) < 4.78 is 5.26. The van der Waals surface area contributed by atoms with Gasteiger partial charge in [0.1, 0.15) is 5.75 Å². The fourth-order valence-corrected chi connectivity index (χ4v) is 2.58. The molecule has 1 heterocycles. The monoisotopic (exact) mass is 341 g/mol. The lowest BCUT2D eigenvalue weighted by Gasteiger charge is -2.35. The zero-order chi connectivity index (χ0) is 16.1. The highest BCUT2D eigenvalue weighted by Gasteiger charge is 2.24. The zero-order valence-corrected chi connectivity index (χ0v) is 14.4. The SMILES string of the molecule is COc1cc(C(=O)N2CCN(C(=O)CCN)CC2)ccc1C.Cl. The average molecular weight is 342 g/mol. The maximum atomic E-state index is 12.5. The molecular formula is C16H24ClN3O3. The summed E-state index contributed by atoms with van der Waals surface area (Å²) in [7, 11) is 1.60. The first-order valence-electron chi connectivity index (χ1n) is 7.48. The molecule has 1 aliphatic rings. The van der Waals surface area contributed by atoms with E-state index in [1.807, 2.05) is 19.1 Å². The topological polar surface area (TPSA) is 75.9 Å². The van der Waals surface area contributed by atoms with E-state index in [0.717, 1.165) is 5.56 Å². The van der Waals surface area contributed by atoms with Gasteiger partial charge < -0.3 is 20.3 Å². The Balaban J connectivity index is 0.00000264. The van der Waals surface area contributed by atoms with Crippen molar-refractivity contribution in [3.63, 3.8) is 0 Å². The van der Waals surface area contributed by atoms with E-state index in [4.69, 9.17) is 10.5 Å². The molecule has 1 aliphatic heterocycles. The first kappa shape index (κ1) is 19.3. The highest BCUT2D eigenvalue weighted by atomic mass is 35.5. The van der Waals surface area contributed by atoms with Crippen molar-refractivity contribution < 1.29 is 14.3 Å². The molecule has 2 amide bonds. The number of carbonyl (C=O) groups is 2. The number of hydrogen-bond donors (Lipinski definition) is 1.